The summed E-state index contributed by atoms with van der Waals surface area (Å²) in [4.78, 5) is 32.7. The molecular formula is C48H54ClFN8O6S. The highest BCUT2D eigenvalue weighted by atomic mass is 35.5. The van der Waals surface area contributed by atoms with Gasteiger partial charge in [-0.05, 0) is 97.2 Å². The number of pyridine rings is 1. The van der Waals surface area contributed by atoms with Crippen LogP contribution in [0.15, 0.2) is 89.7 Å². The van der Waals surface area contributed by atoms with Gasteiger partial charge < -0.3 is 24.1 Å². The molecule has 3 fully saturated rings. The van der Waals surface area contributed by atoms with Crippen LogP contribution in [0.25, 0.3) is 16.6 Å². The Morgan fingerprint density at radius 1 is 1.05 bits per heavy atom. The number of ether oxygens (including phenoxy) is 3. The summed E-state index contributed by atoms with van der Waals surface area (Å²) in [6, 6.07) is 19.0. The molecule has 0 radical (unpaired) electrons. The van der Waals surface area contributed by atoms with Gasteiger partial charge in [0.15, 0.2) is 0 Å². The number of carbonyl (C=O) groups excluding carboxylic acids is 1. The number of nitrogens with zero attached hydrogens (tertiary/aromatic N) is 6. The zero-order chi connectivity index (χ0) is 45.4. The van der Waals surface area contributed by atoms with E-state index >= 15 is 4.39 Å². The molecule has 6 heterocycles. The number of halogens is 2. The van der Waals surface area contributed by atoms with Gasteiger partial charge in [-0.15, -0.1) is 0 Å². The Morgan fingerprint density at radius 2 is 1.82 bits per heavy atom. The van der Waals surface area contributed by atoms with Gasteiger partial charge in [-0.1, -0.05) is 43.2 Å². The van der Waals surface area contributed by atoms with E-state index in [2.05, 4.69) is 60.4 Å². The van der Waals surface area contributed by atoms with Crippen LogP contribution in [0.2, 0.25) is 5.02 Å². The first-order valence-corrected chi connectivity index (χ1v) is 24.1. The third kappa shape index (κ3) is 9.81. The fraction of sp³-hybridized carbons (Fsp3) is 0.458. The first-order chi connectivity index (χ1) is 31.2. The van der Waals surface area contributed by atoms with Crippen molar-refractivity contribution in [3.05, 3.63) is 101 Å². The first-order valence-electron chi connectivity index (χ1n) is 22.2. The van der Waals surface area contributed by atoms with Gasteiger partial charge in [0.25, 0.3) is 15.9 Å². The fourth-order valence-electron chi connectivity index (χ4n) is 9.23. The number of alkyl halides is 1. The second-order valence-electron chi connectivity index (χ2n) is 18.7. The Morgan fingerprint density at radius 3 is 2.51 bits per heavy atom. The van der Waals surface area contributed by atoms with E-state index in [4.69, 9.17) is 25.8 Å². The number of rotatable bonds is 12. The summed E-state index contributed by atoms with van der Waals surface area (Å²) in [5.41, 5.74) is 4.15. The van der Waals surface area contributed by atoms with Crippen molar-refractivity contribution in [3.63, 3.8) is 0 Å². The van der Waals surface area contributed by atoms with Crippen molar-refractivity contribution in [2.45, 2.75) is 62.4 Å². The van der Waals surface area contributed by atoms with Crippen molar-refractivity contribution in [2.75, 3.05) is 77.1 Å². The molecule has 4 aliphatic heterocycles. The highest BCUT2D eigenvalue weighted by Gasteiger charge is 2.46. The minimum absolute atomic E-state index is 0.0159. The third-order valence-electron chi connectivity index (χ3n) is 13.5. The number of nitriles is 1. The molecule has 2 aromatic carbocycles. The molecule has 1 atom stereocenters. The maximum atomic E-state index is 15.7. The number of aliphatic imine (C=N–C) groups is 1. The summed E-state index contributed by atoms with van der Waals surface area (Å²) in [5, 5.41) is 11.8. The van der Waals surface area contributed by atoms with E-state index in [1.165, 1.54) is 35.0 Å². The van der Waals surface area contributed by atoms with Gasteiger partial charge in [0, 0.05) is 74.2 Å². The molecule has 1 aliphatic carbocycles. The summed E-state index contributed by atoms with van der Waals surface area (Å²) < 4.78 is 60.8. The lowest BCUT2D eigenvalue weighted by Crippen LogP contribution is -2.55. The van der Waals surface area contributed by atoms with E-state index in [-0.39, 0.29) is 42.1 Å². The van der Waals surface area contributed by atoms with Crippen LogP contribution < -0.4 is 14.4 Å². The number of hydrogen-bond donors (Lipinski definition) is 2. The largest absolute Gasteiger partial charge is 0.475 e. The van der Waals surface area contributed by atoms with Crippen LogP contribution >= 0.6 is 11.6 Å². The molecule has 0 saturated carbocycles. The van der Waals surface area contributed by atoms with Crippen LogP contribution in [0.4, 0.5) is 10.1 Å². The number of H-pyrrole nitrogens is 1. The van der Waals surface area contributed by atoms with Gasteiger partial charge in [0.1, 0.15) is 29.4 Å². The van der Waals surface area contributed by atoms with Crippen molar-refractivity contribution in [3.8, 4) is 17.6 Å². The highest BCUT2D eigenvalue weighted by molar-refractivity contribution is 7.92. The van der Waals surface area contributed by atoms with E-state index in [0.717, 1.165) is 74.2 Å². The van der Waals surface area contributed by atoms with E-state index in [9.17, 15) is 18.5 Å². The number of carbonyl (C=O) groups is 1. The Kier molecular flexibility index (Phi) is 12.5. The van der Waals surface area contributed by atoms with Crippen LogP contribution in [-0.4, -0.2) is 129 Å². The van der Waals surface area contributed by atoms with Crippen molar-refractivity contribution < 1.29 is 31.8 Å². The molecule has 1 unspecified atom stereocenters. The average molecular weight is 926 g/mol. The predicted octanol–water partition coefficient (Wildman–Crippen LogP) is 7.30. The molecule has 1 amide bonds. The van der Waals surface area contributed by atoms with E-state index in [1.807, 2.05) is 24.3 Å². The Bertz CT molecular complexity index is 2680. The zero-order valence-corrected chi connectivity index (χ0v) is 38.3. The first kappa shape index (κ1) is 44.9. The molecule has 9 rings (SSSR count). The van der Waals surface area contributed by atoms with Crippen molar-refractivity contribution >= 4 is 55.7 Å². The van der Waals surface area contributed by atoms with Crippen LogP contribution in [0.1, 0.15) is 61.9 Å². The lowest BCUT2D eigenvalue weighted by molar-refractivity contribution is -0.0895. The number of aromatic amines is 1. The second kappa shape index (κ2) is 18.2. The standard InChI is InChI=1S/C48H54ClFN8O6S/c1-46(2)12-9-35(41(25-46)33-3-5-36(49)6-4-33)27-56-19-21-58(22-20-56)37-7-8-40(42(24-37)64-39-23-34-11-16-52-44(34)53-26-39)45(59)55-65(60,61)48(30-51)13-10-43(54-31-48)63-32-47(50)14-17-57(18-15-47)38-28-62-29-38/h3-8,10-11,13,16,23-24,26,38H,9,12,14-15,17-22,25,27-29,31-32H2,1-2H3,(H,52,53)(H,55,59). The lowest BCUT2D eigenvalue weighted by atomic mass is 9.72. The molecule has 14 nitrogen and oxygen atoms in total. The lowest BCUT2D eigenvalue weighted by Gasteiger charge is -2.43. The normalized spacial score (nSPS) is 22.8. The molecule has 0 spiro atoms. The number of anilines is 1. The minimum Gasteiger partial charge on any atom is -0.475 e. The maximum Gasteiger partial charge on any atom is 0.268 e. The number of benzene rings is 2. The topological polar surface area (TPSA) is 165 Å². The summed E-state index contributed by atoms with van der Waals surface area (Å²) in [6.07, 6.45) is 9.42. The van der Waals surface area contributed by atoms with Crippen molar-refractivity contribution in [1.82, 2.24) is 24.5 Å². The van der Waals surface area contributed by atoms with Crippen LogP contribution in [0, 0.1) is 16.7 Å². The maximum absolute atomic E-state index is 15.7. The van der Waals surface area contributed by atoms with Crippen LogP contribution in [-0.2, 0) is 19.5 Å². The van der Waals surface area contributed by atoms with Crippen LogP contribution in [0.5, 0.6) is 11.5 Å². The number of sulfonamides is 1. The number of piperazine rings is 1. The molecule has 0 bridgehead atoms. The highest BCUT2D eigenvalue weighted by Crippen LogP contribution is 2.43. The number of nitrogens with one attached hydrogen (secondary N) is 2. The third-order valence-corrected chi connectivity index (χ3v) is 15.5. The number of dihydropyridines is 1. The monoisotopic (exact) mass is 924 g/mol. The number of aromatic nitrogens is 2. The minimum atomic E-state index is -4.71. The number of piperidine rings is 1. The Balaban J connectivity index is 0.884. The molecule has 2 N–H and O–H groups in total. The number of hydrogen-bond acceptors (Lipinski definition) is 12. The smallest absolute Gasteiger partial charge is 0.268 e. The molecule has 65 heavy (non-hydrogen) atoms. The van der Waals surface area contributed by atoms with Crippen LogP contribution in [0.3, 0.4) is 0 Å². The van der Waals surface area contributed by atoms with Crippen molar-refractivity contribution in [1.29, 1.82) is 5.26 Å². The second-order valence-corrected chi connectivity index (χ2v) is 21.0. The van der Waals surface area contributed by atoms with Gasteiger partial charge in [-0.3, -0.25) is 14.6 Å². The van der Waals surface area contributed by atoms with Gasteiger partial charge in [-0.25, -0.2) is 27.5 Å². The summed E-state index contributed by atoms with van der Waals surface area (Å²) >= 11 is 6.25. The molecule has 5 aliphatic rings. The quantitative estimate of drug-likeness (QED) is 0.147. The van der Waals surface area contributed by atoms with E-state index < -0.39 is 32.9 Å². The average Bonchev–Trinajstić information content (AvgIpc) is 3.75. The molecule has 4 aromatic rings. The van der Waals surface area contributed by atoms with Gasteiger partial charge >= 0.3 is 0 Å². The zero-order valence-electron chi connectivity index (χ0n) is 36.7. The van der Waals surface area contributed by atoms with Gasteiger partial charge in [0.2, 0.25) is 10.6 Å². The molecule has 2 aromatic heterocycles. The summed E-state index contributed by atoms with van der Waals surface area (Å²) in [6.45, 7) is 10.3. The fourth-order valence-corrected chi connectivity index (χ4v) is 10.5. The number of allylic oxidation sites excluding steroid dienone is 1. The molecule has 17 heteroatoms. The molecular weight excluding hydrogens is 871 g/mol. The SMILES string of the molecule is CC1(C)CCC(CN2CCN(c3ccc(C(=O)NS(=O)(=O)C4(C#N)C=CC(OCC5(F)CCN(C6COC6)CC5)=NC4)c(Oc4cnc5[nH]ccc5c4)c3)CC2)=C(c2ccc(Cl)cc2)C1. The summed E-state index contributed by atoms with van der Waals surface area (Å²) in [5.74, 6) is -0.513. The van der Waals surface area contributed by atoms with Crippen molar-refractivity contribution in [2.24, 2.45) is 10.4 Å². The Hall–Kier alpha value is -5.31. The molecule has 342 valence electrons. The number of likely N-dealkylation sites (tertiary alicyclic amines) is 1. The van der Waals surface area contributed by atoms with Gasteiger partial charge in [0.05, 0.1) is 43.6 Å². The van der Waals surface area contributed by atoms with E-state index in [0.29, 0.717) is 43.7 Å². The number of fused-ring (bicyclic) bond motifs is 1. The summed E-state index contributed by atoms with van der Waals surface area (Å²) in [7, 11) is -4.71. The molecule has 3 saturated heterocycles. The van der Waals surface area contributed by atoms with Gasteiger partial charge in [-0.2, -0.15) is 5.26 Å². The Labute approximate surface area is 384 Å². The number of amides is 1. The predicted molar refractivity (Wildman–Crippen MR) is 249 cm³/mol. The van der Waals surface area contributed by atoms with E-state index in [1.54, 1.807) is 24.4 Å².